The highest BCUT2D eigenvalue weighted by molar-refractivity contribution is 6.30. The SMILES string of the molecule is O=C(COc1ccc(Cl)cc1)NC1CCN(C(=O)CNC(=O)c2ccccc2)CC1. The van der Waals surface area contributed by atoms with Crippen LogP contribution in [0.1, 0.15) is 23.2 Å². The van der Waals surface area contributed by atoms with Crippen molar-refractivity contribution in [1.82, 2.24) is 15.5 Å². The van der Waals surface area contributed by atoms with Crippen LogP contribution < -0.4 is 15.4 Å². The summed E-state index contributed by atoms with van der Waals surface area (Å²) >= 11 is 5.82. The maximum Gasteiger partial charge on any atom is 0.258 e. The van der Waals surface area contributed by atoms with Gasteiger partial charge in [-0.2, -0.15) is 0 Å². The van der Waals surface area contributed by atoms with Crippen LogP contribution >= 0.6 is 11.6 Å². The maximum atomic E-state index is 12.3. The predicted molar refractivity (Wildman–Crippen MR) is 113 cm³/mol. The fourth-order valence-corrected chi connectivity index (χ4v) is 3.31. The Morgan fingerprint density at radius 2 is 1.67 bits per heavy atom. The Kier molecular flexibility index (Phi) is 7.68. The molecule has 0 aromatic heterocycles. The molecule has 0 radical (unpaired) electrons. The molecule has 1 aliphatic rings. The third-order valence-corrected chi connectivity index (χ3v) is 5.08. The first kappa shape index (κ1) is 21.6. The van der Waals surface area contributed by atoms with E-state index in [9.17, 15) is 14.4 Å². The van der Waals surface area contributed by atoms with Crippen LogP contribution in [0.3, 0.4) is 0 Å². The van der Waals surface area contributed by atoms with Crippen molar-refractivity contribution in [3.05, 3.63) is 65.2 Å². The number of hydrogen-bond acceptors (Lipinski definition) is 4. The Balaban J connectivity index is 1.34. The van der Waals surface area contributed by atoms with Crippen LogP contribution in [0, 0.1) is 0 Å². The third-order valence-electron chi connectivity index (χ3n) is 4.83. The van der Waals surface area contributed by atoms with Crippen molar-refractivity contribution in [3.8, 4) is 5.75 Å². The fourth-order valence-electron chi connectivity index (χ4n) is 3.18. The zero-order chi connectivity index (χ0) is 21.3. The average molecular weight is 430 g/mol. The van der Waals surface area contributed by atoms with Crippen molar-refractivity contribution in [1.29, 1.82) is 0 Å². The number of nitrogens with one attached hydrogen (secondary N) is 2. The van der Waals surface area contributed by atoms with Gasteiger partial charge in [-0.1, -0.05) is 29.8 Å². The number of hydrogen-bond donors (Lipinski definition) is 2. The number of rotatable bonds is 7. The van der Waals surface area contributed by atoms with E-state index in [0.29, 0.717) is 42.3 Å². The zero-order valence-electron chi connectivity index (χ0n) is 16.5. The molecule has 2 aromatic carbocycles. The van der Waals surface area contributed by atoms with Gasteiger partial charge in [0.05, 0.1) is 6.54 Å². The molecule has 0 saturated carbocycles. The Morgan fingerprint density at radius 1 is 1.00 bits per heavy atom. The molecule has 0 atom stereocenters. The first-order valence-corrected chi connectivity index (χ1v) is 10.2. The number of ether oxygens (including phenoxy) is 1. The largest absolute Gasteiger partial charge is 0.484 e. The van der Waals surface area contributed by atoms with Crippen LogP contribution in [-0.2, 0) is 9.59 Å². The number of amides is 3. The minimum Gasteiger partial charge on any atom is -0.484 e. The molecule has 1 fully saturated rings. The van der Waals surface area contributed by atoms with Crippen molar-refractivity contribution in [2.24, 2.45) is 0 Å². The summed E-state index contributed by atoms with van der Waals surface area (Å²) in [7, 11) is 0. The third kappa shape index (κ3) is 6.49. The summed E-state index contributed by atoms with van der Waals surface area (Å²) in [5.41, 5.74) is 0.521. The van der Waals surface area contributed by atoms with E-state index in [2.05, 4.69) is 10.6 Å². The Morgan fingerprint density at radius 3 is 2.33 bits per heavy atom. The van der Waals surface area contributed by atoms with Crippen LogP contribution in [0.4, 0.5) is 0 Å². The standard InChI is InChI=1S/C22H24ClN3O4/c23-17-6-8-19(9-7-17)30-15-20(27)25-18-10-12-26(13-11-18)21(28)14-24-22(29)16-4-2-1-3-5-16/h1-9,18H,10-15H2,(H,24,29)(H,25,27). The number of piperidine rings is 1. The van der Waals surface area contributed by atoms with Gasteiger partial charge in [0.25, 0.3) is 11.8 Å². The summed E-state index contributed by atoms with van der Waals surface area (Å²) in [5.74, 6) is -0.0284. The highest BCUT2D eigenvalue weighted by Crippen LogP contribution is 2.15. The van der Waals surface area contributed by atoms with E-state index < -0.39 is 0 Å². The molecule has 158 valence electrons. The molecule has 8 heteroatoms. The van der Waals surface area contributed by atoms with Crippen LogP contribution in [0.5, 0.6) is 5.75 Å². The summed E-state index contributed by atoms with van der Waals surface area (Å²) in [5, 5.41) is 6.19. The molecular weight excluding hydrogens is 406 g/mol. The van der Waals surface area contributed by atoms with Crippen molar-refractivity contribution >= 4 is 29.3 Å². The second-order valence-electron chi connectivity index (χ2n) is 7.01. The second-order valence-corrected chi connectivity index (χ2v) is 7.45. The number of likely N-dealkylation sites (tertiary alicyclic amines) is 1. The lowest BCUT2D eigenvalue weighted by Crippen LogP contribution is -2.49. The Bertz CT molecular complexity index is 866. The second kappa shape index (κ2) is 10.6. The lowest BCUT2D eigenvalue weighted by molar-refractivity contribution is -0.131. The van der Waals surface area contributed by atoms with Gasteiger partial charge in [0, 0.05) is 29.7 Å². The Hall–Kier alpha value is -3.06. The number of nitrogens with zero attached hydrogens (tertiary/aromatic N) is 1. The lowest BCUT2D eigenvalue weighted by Gasteiger charge is -2.32. The monoisotopic (exact) mass is 429 g/mol. The van der Waals surface area contributed by atoms with E-state index >= 15 is 0 Å². The van der Waals surface area contributed by atoms with Crippen LogP contribution in [0.15, 0.2) is 54.6 Å². The summed E-state index contributed by atoms with van der Waals surface area (Å²) in [6.07, 6.45) is 1.32. The van der Waals surface area contributed by atoms with Gasteiger partial charge in [-0.25, -0.2) is 0 Å². The number of halogens is 1. The zero-order valence-corrected chi connectivity index (χ0v) is 17.2. The topological polar surface area (TPSA) is 87.7 Å². The molecule has 7 nitrogen and oxygen atoms in total. The van der Waals surface area contributed by atoms with Gasteiger partial charge in [0.2, 0.25) is 5.91 Å². The molecule has 2 N–H and O–H groups in total. The first-order chi connectivity index (χ1) is 14.5. The number of benzene rings is 2. The van der Waals surface area contributed by atoms with Gasteiger partial charge in [-0.15, -0.1) is 0 Å². The van der Waals surface area contributed by atoms with Gasteiger partial charge < -0.3 is 20.3 Å². The quantitative estimate of drug-likeness (QED) is 0.706. The van der Waals surface area contributed by atoms with Crippen LogP contribution in [0.25, 0.3) is 0 Å². The van der Waals surface area contributed by atoms with E-state index in [1.165, 1.54) is 0 Å². The van der Waals surface area contributed by atoms with Gasteiger partial charge in [-0.05, 0) is 49.2 Å². The highest BCUT2D eigenvalue weighted by Gasteiger charge is 2.24. The van der Waals surface area contributed by atoms with Crippen molar-refractivity contribution in [2.75, 3.05) is 26.2 Å². The minimum absolute atomic E-state index is 0.00530. The van der Waals surface area contributed by atoms with E-state index in [1.54, 1.807) is 53.4 Å². The number of carbonyl (C=O) groups is 3. The van der Waals surface area contributed by atoms with Gasteiger partial charge in [0.1, 0.15) is 5.75 Å². The van der Waals surface area contributed by atoms with E-state index in [4.69, 9.17) is 16.3 Å². The van der Waals surface area contributed by atoms with Crippen molar-refractivity contribution in [2.45, 2.75) is 18.9 Å². The Labute approximate surface area is 180 Å². The number of carbonyl (C=O) groups excluding carboxylic acids is 3. The summed E-state index contributed by atoms with van der Waals surface area (Å²) < 4.78 is 5.44. The molecule has 0 aliphatic carbocycles. The molecule has 1 aliphatic heterocycles. The molecule has 3 rings (SSSR count). The van der Waals surface area contributed by atoms with Gasteiger partial charge in [0.15, 0.2) is 6.61 Å². The summed E-state index contributed by atoms with van der Waals surface area (Å²) in [4.78, 5) is 38.2. The van der Waals surface area contributed by atoms with Crippen molar-refractivity contribution in [3.63, 3.8) is 0 Å². The molecule has 0 bridgehead atoms. The van der Waals surface area contributed by atoms with E-state index in [-0.39, 0.29) is 36.9 Å². The van der Waals surface area contributed by atoms with Crippen LogP contribution in [0.2, 0.25) is 5.02 Å². The molecule has 3 amide bonds. The maximum absolute atomic E-state index is 12.3. The summed E-state index contributed by atoms with van der Waals surface area (Å²) in [6.45, 7) is 0.942. The summed E-state index contributed by atoms with van der Waals surface area (Å²) in [6, 6.07) is 15.6. The van der Waals surface area contributed by atoms with Crippen molar-refractivity contribution < 1.29 is 19.1 Å². The minimum atomic E-state index is -0.271. The molecule has 1 heterocycles. The molecule has 2 aromatic rings. The van der Waals surface area contributed by atoms with E-state index in [0.717, 1.165) is 0 Å². The predicted octanol–water partition coefficient (Wildman–Crippen LogP) is 2.26. The molecule has 0 unspecified atom stereocenters. The highest BCUT2D eigenvalue weighted by atomic mass is 35.5. The van der Waals surface area contributed by atoms with Gasteiger partial charge in [-0.3, -0.25) is 14.4 Å². The molecular formula is C22H24ClN3O4. The van der Waals surface area contributed by atoms with Gasteiger partial charge >= 0.3 is 0 Å². The van der Waals surface area contributed by atoms with Crippen LogP contribution in [-0.4, -0.2) is 54.9 Å². The smallest absolute Gasteiger partial charge is 0.258 e. The molecule has 0 spiro atoms. The normalized spacial score (nSPS) is 14.1. The first-order valence-electron chi connectivity index (χ1n) is 9.80. The van der Waals surface area contributed by atoms with E-state index in [1.807, 2.05) is 6.07 Å². The lowest BCUT2D eigenvalue weighted by atomic mass is 10.0. The molecule has 1 saturated heterocycles. The average Bonchev–Trinajstić information content (AvgIpc) is 2.78. The fraction of sp³-hybridized carbons (Fsp3) is 0.318. The molecule has 30 heavy (non-hydrogen) atoms.